The summed E-state index contributed by atoms with van der Waals surface area (Å²) >= 11 is 0. The predicted molar refractivity (Wildman–Crippen MR) is 61.0 cm³/mol. The molecule has 0 rings (SSSR count). The van der Waals surface area contributed by atoms with Gasteiger partial charge in [0.1, 0.15) is 0 Å². The highest BCUT2D eigenvalue weighted by molar-refractivity contribution is 4.81. The fraction of sp³-hybridized carbons (Fsp3) is 0.833. The topological polar surface area (TPSA) is 3.24 Å². The molecule has 0 bridgehead atoms. The molecule has 0 saturated heterocycles. The summed E-state index contributed by atoms with van der Waals surface area (Å²) < 4.78 is 0. The van der Waals surface area contributed by atoms with Gasteiger partial charge in [-0.05, 0) is 25.3 Å². The highest BCUT2D eigenvalue weighted by Crippen LogP contribution is 2.13. The normalized spacial score (nSPS) is 13.1. The lowest BCUT2D eigenvalue weighted by molar-refractivity contribution is 0.230. The lowest BCUT2D eigenvalue weighted by atomic mass is 9.96. The van der Waals surface area contributed by atoms with Gasteiger partial charge >= 0.3 is 0 Å². The Morgan fingerprint density at radius 3 is 2.23 bits per heavy atom. The van der Waals surface area contributed by atoms with Gasteiger partial charge in [0.05, 0.1) is 0 Å². The highest BCUT2D eigenvalue weighted by Gasteiger charge is 2.12. The monoisotopic (exact) mass is 183 g/mol. The Hall–Kier alpha value is -0.300. The standard InChI is InChI=1S/C12H25N/c1-6-7-8-9-10-13(5)11-12(2,3)4/h7-8H,6,9-11H2,1-5H3/b8-7-. The average Bonchev–Trinajstić information content (AvgIpc) is 1.94. The van der Waals surface area contributed by atoms with Crippen molar-refractivity contribution in [2.45, 2.75) is 40.5 Å². The van der Waals surface area contributed by atoms with Crippen molar-refractivity contribution in [2.75, 3.05) is 20.1 Å². The molecule has 0 aromatic carbocycles. The van der Waals surface area contributed by atoms with Crippen molar-refractivity contribution in [2.24, 2.45) is 5.41 Å². The predicted octanol–water partition coefficient (Wildman–Crippen LogP) is 3.32. The third kappa shape index (κ3) is 9.62. The van der Waals surface area contributed by atoms with E-state index in [9.17, 15) is 0 Å². The minimum atomic E-state index is 0.420. The molecule has 0 aliphatic rings. The van der Waals surface area contributed by atoms with Crippen LogP contribution in [0, 0.1) is 5.41 Å². The van der Waals surface area contributed by atoms with Crippen LogP contribution in [0.1, 0.15) is 40.5 Å². The Labute approximate surface area is 83.8 Å². The second kappa shape index (κ2) is 6.20. The lowest BCUT2D eigenvalue weighted by Crippen LogP contribution is -2.29. The molecule has 1 nitrogen and oxygen atoms in total. The van der Waals surface area contributed by atoms with Crippen LogP contribution in [0.3, 0.4) is 0 Å². The molecule has 0 aromatic heterocycles. The third-order valence-corrected chi connectivity index (χ3v) is 1.82. The maximum Gasteiger partial charge on any atom is 0.00271 e. The summed E-state index contributed by atoms with van der Waals surface area (Å²) in [5, 5.41) is 0. The van der Waals surface area contributed by atoms with Crippen LogP contribution < -0.4 is 0 Å². The Morgan fingerprint density at radius 2 is 1.77 bits per heavy atom. The van der Waals surface area contributed by atoms with Crippen LogP contribution in [0.25, 0.3) is 0 Å². The van der Waals surface area contributed by atoms with E-state index < -0.39 is 0 Å². The van der Waals surface area contributed by atoms with E-state index in [1.54, 1.807) is 0 Å². The summed E-state index contributed by atoms with van der Waals surface area (Å²) in [6.45, 7) is 11.4. The van der Waals surface area contributed by atoms with Gasteiger partial charge in [-0.2, -0.15) is 0 Å². The van der Waals surface area contributed by atoms with E-state index in [0.29, 0.717) is 5.41 Å². The summed E-state index contributed by atoms with van der Waals surface area (Å²) in [6.07, 6.45) is 6.85. The molecule has 0 heterocycles. The van der Waals surface area contributed by atoms with Crippen molar-refractivity contribution in [3.05, 3.63) is 12.2 Å². The molecular formula is C12H25N. The molecule has 0 spiro atoms. The zero-order valence-electron chi connectivity index (χ0n) is 9.93. The fourth-order valence-electron chi connectivity index (χ4n) is 1.47. The van der Waals surface area contributed by atoms with Crippen LogP contribution in [0.15, 0.2) is 12.2 Å². The first-order valence-electron chi connectivity index (χ1n) is 5.29. The molecule has 0 amide bonds. The molecule has 0 radical (unpaired) electrons. The largest absolute Gasteiger partial charge is 0.306 e. The molecule has 1 heteroatoms. The van der Waals surface area contributed by atoms with Crippen LogP contribution in [0.5, 0.6) is 0 Å². The van der Waals surface area contributed by atoms with E-state index in [4.69, 9.17) is 0 Å². The van der Waals surface area contributed by atoms with Crippen molar-refractivity contribution in [1.82, 2.24) is 4.90 Å². The number of hydrogen-bond donors (Lipinski definition) is 0. The van der Waals surface area contributed by atoms with Crippen LogP contribution in [0.2, 0.25) is 0 Å². The van der Waals surface area contributed by atoms with Gasteiger partial charge in [0.25, 0.3) is 0 Å². The Bertz CT molecular complexity index is 142. The van der Waals surface area contributed by atoms with E-state index >= 15 is 0 Å². The molecule has 0 N–H and O–H groups in total. The summed E-state index contributed by atoms with van der Waals surface area (Å²) in [5.74, 6) is 0. The third-order valence-electron chi connectivity index (χ3n) is 1.82. The molecule has 0 fully saturated rings. The van der Waals surface area contributed by atoms with E-state index in [1.165, 1.54) is 19.5 Å². The number of allylic oxidation sites excluding steroid dienone is 1. The molecule has 0 unspecified atom stereocenters. The second-order valence-corrected chi connectivity index (χ2v) is 4.97. The number of rotatable bonds is 5. The maximum atomic E-state index is 2.40. The van der Waals surface area contributed by atoms with Crippen LogP contribution in [-0.4, -0.2) is 25.0 Å². The zero-order chi connectivity index (χ0) is 10.3. The van der Waals surface area contributed by atoms with E-state index in [1.807, 2.05) is 0 Å². The second-order valence-electron chi connectivity index (χ2n) is 4.97. The van der Waals surface area contributed by atoms with Crippen LogP contribution in [0.4, 0.5) is 0 Å². The molecule has 0 atom stereocenters. The first-order valence-corrected chi connectivity index (χ1v) is 5.29. The summed E-state index contributed by atoms with van der Waals surface area (Å²) in [7, 11) is 2.20. The van der Waals surface area contributed by atoms with Crippen molar-refractivity contribution < 1.29 is 0 Å². The smallest absolute Gasteiger partial charge is 0.00271 e. The quantitative estimate of drug-likeness (QED) is 0.591. The van der Waals surface area contributed by atoms with E-state index in [0.717, 1.165) is 6.42 Å². The molecule has 0 aliphatic heterocycles. The summed E-state index contributed by atoms with van der Waals surface area (Å²) in [5.41, 5.74) is 0.420. The molecule has 0 aromatic rings. The fourth-order valence-corrected chi connectivity index (χ4v) is 1.47. The van der Waals surface area contributed by atoms with Gasteiger partial charge in [-0.15, -0.1) is 0 Å². The first-order chi connectivity index (χ1) is 5.95. The minimum absolute atomic E-state index is 0.420. The first kappa shape index (κ1) is 12.7. The highest BCUT2D eigenvalue weighted by atomic mass is 15.1. The lowest BCUT2D eigenvalue weighted by Gasteiger charge is -2.26. The summed E-state index contributed by atoms with van der Waals surface area (Å²) in [6, 6.07) is 0. The molecule has 13 heavy (non-hydrogen) atoms. The zero-order valence-corrected chi connectivity index (χ0v) is 9.93. The van der Waals surface area contributed by atoms with Crippen LogP contribution >= 0.6 is 0 Å². The molecular weight excluding hydrogens is 158 g/mol. The molecule has 0 saturated carbocycles. The van der Waals surface area contributed by atoms with Gasteiger partial charge in [-0.1, -0.05) is 39.8 Å². The Kier molecular flexibility index (Phi) is 6.06. The van der Waals surface area contributed by atoms with Gasteiger partial charge in [0.15, 0.2) is 0 Å². The van der Waals surface area contributed by atoms with E-state index in [2.05, 4.69) is 51.8 Å². The van der Waals surface area contributed by atoms with Gasteiger partial charge in [-0.3, -0.25) is 0 Å². The average molecular weight is 183 g/mol. The van der Waals surface area contributed by atoms with Gasteiger partial charge in [0.2, 0.25) is 0 Å². The van der Waals surface area contributed by atoms with Crippen molar-refractivity contribution >= 4 is 0 Å². The van der Waals surface area contributed by atoms with Gasteiger partial charge in [0, 0.05) is 13.1 Å². The maximum absolute atomic E-state index is 2.40. The molecule has 0 aliphatic carbocycles. The van der Waals surface area contributed by atoms with Crippen molar-refractivity contribution in [1.29, 1.82) is 0 Å². The summed E-state index contributed by atoms with van der Waals surface area (Å²) in [4.78, 5) is 2.40. The number of hydrogen-bond acceptors (Lipinski definition) is 1. The Morgan fingerprint density at radius 1 is 1.15 bits per heavy atom. The Balaban J connectivity index is 3.52. The van der Waals surface area contributed by atoms with Crippen molar-refractivity contribution in [3.63, 3.8) is 0 Å². The SMILES string of the molecule is CC/C=C\CCN(C)CC(C)(C)C. The van der Waals surface area contributed by atoms with Gasteiger partial charge < -0.3 is 4.90 Å². The molecule has 78 valence electrons. The van der Waals surface area contributed by atoms with E-state index in [-0.39, 0.29) is 0 Å². The van der Waals surface area contributed by atoms with Gasteiger partial charge in [-0.25, -0.2) is 0 Å². The number of nitrogens with zero attached hydrogens (tertiary/aromatic N) is 1. The van der Waals surface area contributed by atoms with Crippen molar-refractivity contribution in [3.8, 4) is 0 Å². The van der Waals surface area contributed by atoms with Crippen LogP contribution in [-0.2, 0) is 0 Å². The minimum Gasteiger partial charge on any atom is -0.306 e.